The largest absolute Gasteiger partial charge is 0.371 e. The van der Waals surface area contributed by atoms with Crippen LogP contribution < -0.4 is 10.2 Å². The van der Waals surface area contributed by atoms with Crippen LogP contribution in [-0.4, -0.2) is 25.7 Å². The van der Waals surface area contributed by atoms with Crippen LogP contribution in [0.2, 0.25) is 0 Å². The molecule has 21 heavy (non-hydrogen) atoms. The van der Waals surface area contributed by atoms with Crippen LogP contribution in [0.1, 0.15) is 51.5 Å². The van der Waals surface area contributed by atoms with Gasteiger partial charge in [-0.1, -0.05) is 31.9 Å². The van der Waals surface area contributed by atoms with Crippen LogP contribution in [0, 0.1) is 12.8 Å². The van der Waals surface area contributed by atoms with Gasteiger partial charge in [0.25, 0.3) is 0 Å². The number of aryl methyl sites for hydroxylation is 1. The summed E-state index contributed by atoms with van der Waals surface area (Å²) in [5.74, 6) is 0.797. The predicted octanol–water partition coefficient (Wildman–Crippen LogP) is 4.38. The molecule has 2 rings (SSSR count). The van der Waals surface area contributed by atoms with Gasteiger partial charge >= 0.3 is 0 Å². The number of anilines is 1. The molecule has 2 unspecified atom stereocenters. The van der Waals surface area contributed by atoms with Gasteiger partial charge in [0.1, 0.15) is 0 Å². The Hall–Kier alpha value is -1.02. The molecule has 1 saturated carbocycles. The van der Waals surface area contributed by atoms with E-state index in [2.05, 4.69) is 55.3 Å². The van der Waals surface area contributed by atoms with Gasteiger partial charge in [0.05, 0.1) is 0 Å². The molecule has 1 aliphatic rings. The van der Waals surface area contributed by atoms with Gasteiger partial charge in [0, 0.05) is 24.8 Å². The molecule has 1 fully saturated rings. The highest BCUT2D eigenvalue weighted by molar-refractivity contribution is 5.48. The quantitative estimate of drug-likeness (QED) is 0.801. The predicted molar refractivity (Wildman–Crippen MR) is 93.1 cm³/mol. The van der Waals surface area contributed by atoms with Gasteiger partial charge in [-0.25, -0.2) is 0 Å². The lowest BCUT2D eigenvalue weighted by atomic mass is 9.84. The molecule has 1 N–H and O–H groups in total. The van der Waals surface area contributed by atoms with E-state index in [9.17, 15) is 0 Å². The summed E-state index contributed by atoms with van der Waals surface area (Å²) in [6.45, 7) is 10.2. The van der Waals surface area contributed by atoms with Crippen LogP contribution in [0.15, 0.2) is 24.3 Å². The molecule has 0 spiro atoms. The highest BCUT2D eigenvalue weighted by Gasteiger charge is 2.26. The first-order valence-corrected chi connectivity index (χ1v) is 8.79. The Balaban J connectivity index is 2.01. The Labute approximate surface area is 130 Å². The minimum Gasteiger partial charge on any atom is -0.371 e. The summed E-state index contributed by atoms with van der Waals surface area (Å²) in [7, 11) is 0. The SMILES string of the molecule is CCCNC1CCCCC1CN(CC)c1cccc(C)c1. The molecule has 0 radical (unpaired) electrons. The maximum Gasteiger partial charge on any atom is 0.0368 e. The van der Waals surface area contributed by atoms with Crippen LogP contribution in [0.3, 0.4) is 0 Å². The minimum atomic E-state index is 0.720. The van der Waals surface area contributed by atoms with E-state index >= 15 is 0 Å². The fraction of sp³-hybridized carbons (Fsp3) is 0.684. The first kappa shape index (κ1) is 16.4. The van der Waals surface area contributed by atoms with Crippen LogP contribution in [0.5, 0.6) is 0 Å². The van der Waals surface area contributed by atoms with E-state index in [0.717, 1.165) is 25.0 Å². The number of benzene rings is 1. The van der Waals surface area contributed by atoms with E-state index < -0.39 is 0 Å². The van der Waals surface area contributed by atoms with Gasteiger partial charge in [0.2, 0.25) is 0 Å². The second-order valence-corrected chi connectivity index (χ2v) is 6.48. The summed E-state index contributed by atoms with van der Waals surface area (Å²) in [6.07, 6.45) is 6.77. The zero-order chi connectivity index (χ0) is 15.1. The summed E-state index contributed by atoms with van der Waals surface area (Å²) in [5, 5.41) is 3.79. The van der Waals surface area contributed by atoms with Crippen molar-refractivity contribution in [3.63, 3.8) is 0 Å². The molecule has 118 valence electrons. The molecule has 0 heterocycles. The monoisotopic (exact) mass is 288 g/mol. The molecule has 0 saturated heterocycles. The summed E-state index contributed by atoms with van der Waals surface area (Å²) in [5.41, 5.74) is 2.74. The topological polar surface area (TPSA) is 15.3 Å². The summed E-state index contributed by atoms with van der Waals surface area (Å²) in [4.78, 5) is 2.56. The van der Waals surface area contributed by atoms with Crippen LogP contribution in [0.4, 0.5) is 5.69 Å². The minimum absolute atomic E-state index is 0.720. The van der Waals surface area contributed by atoms with Crippen molar-refractivity contribution in [2.24, 2.45) is 5.92 Å². The molecule has 2 nitrogen and oxygen atoms in total. The van der Waals surface area contributed by atoms with Crippen molar-refractivity contribution in [3.8, 4) is 0 Å². The summed E-state index contributed by atoms with van der Waals surface area (Å²) >= 11 is 0. The highest BCUT2D eigenvalue weighted by atomic mass is 15.1. The Morgan fingerprint density at radius 2 is 2.00 bits per heavy atom. The zero-order valence-corrected chi connectivity index (χ0v) is 14.1. The third-order valence-corrected chi connectivity index (χ3v) is 4.77. The van der Waals surface area contributed by atoms with Crippen molar-refractivity contribution in [2.45, 2.75) is 58.9 Å². The van der Waals surface area contributed by atoms with Gasteiger partial charge < -0.3 is 10.2 Å². The smallest absolute Gasteiger partial charge is 0.0368 e. The standard InChI is InChI=1S/C19H32N2/c1-4-13-20-19-12-7-6-10-17(19)15-21(5-2)18-11-8-9-16(3)14-18/h8-9,11,14,17,19-20H,4-7,10,12-13,15H2,1-3H3. The fourth-order valence-electron chi connectivity index (χ4n) is 3.55. The molecule has 0 amide bonds. The molecule has 2 atom stereocenters. The summed E-state index contributed by atoms with van der Waals surface area (Å²) in [6, 6.07) is 9.66. The van der Waals surface area contributed by atoms with Gasteiger partial charge in [-0.2, -0.15) is 0 Å². The normalized spacial score (nSPS) is 22.2. The van der Waals surface area contributed by atoms with E-state index in [0.29, 0.717) is 0 Å². The maximum absolute atomic E-state index is 3.79. The van der Waals surface area contributed by atoms with Crippen molar-refractivity contribution in [2.75, 3.05) is 24.5 Å². The first-order chi connectivity index (χ1) is 10.2. The van der Waals surface area contributed by atoms with E-state index in [1.165, 1.54) is 49.9 Å². The lowest BCUT2D eigenvalue weighted by Gasteiger charge is -2.37. The highest BCUT2D eigenvalue weighted by Crippen LogP contribution is 2.27. The molecular weight excluding hydrogens is 256 g/mol. The van der Waals surface area contributed by atoms with Crippen molar-refractivity contribution in [1.29, 1.82) is 0 Å². The van der Waals surface area contributed by atoms with E-state index in [-0.39, 0.29) is 0 Å². The lowest BCUT2D eigenvalue weighted by Crippen LogP contribution is -2.44. The maximum atomic E-state index is 3.79. The number of hydrogen-bond acceptors (Lipinski definition) is 2. The van der Waals surface area contributed by atoms with E-state index in [4.69, 9.17) is 0 Å². The molecule has 1 aliphatic carbocycles. The van der Waals surface area contributed by atoms with Crippen LogP contribution in [0.25, 0.3) is 0 Å². The molecular formula is C19H32N2. The van der Waals surface area contributed by atoms with Crippen molar-refractivity contribution in [1.82, 2.24) is 5.32 Å². The molecule has 1 aromatic carbocycles. The average molecular weight is 288 g/mol. The Kier molecular flexibility index (Phi) is 6.56. The van der Waals surface area contributed by atoms with Crippen molar-refractivity contribution in [3.05, 3.63) is 29.8 Å². The van der Waals surface area contributed by atoms with E-state index in [1.807, 2.05) is 0 Å². The summed E-state index contributed by atoms with van der Waals surface area (Å²) < 4.78 is 0. The van der Waals surface area contributed by atoms with Crippen LogP contribution >= 0.6 is 0 Å². The molecule has 2 heteroatoms. The third-order valence-electron chi connectivity index (χ3n) is 4.77. The van der Waals surface area contributed by atoms with E-state index in [1.54, 1.807) is 0 Å². The number of hydrogen-bond donors (Lipinski definition) is 1. The number of rotatable bonds is 7. The number of nitrogens with zero attached hydrogens (tertiary/aromatic N) is 1. The van der Waals surface area contributed by atoms with Crippen molar-refractivity contribution < 1.29 is 0 Å². The molecule has 1 aromatic rings. The molecule has 0 bridgehead atoms. The van der Waals surface area contributed by atoms with Gasteiger partial charge in [-0.05, 0) is 63.3 Å². The van der Waals surface area contributed by atoms with Gasteiger partial charge in [-0.3, -0.25) is 0 Å². The first-order valence-electron chi connectivity index (χ1n) is 8.79. The number of nitrogens with one attached hydrogen (secondary N) is 1. The average Bonchev–Trinajstić information content (AvgIpc) is 2.51. The second kappa shape index (κ2) is 8.43. The second-order valence-electron chi connectivity index (χ2n) is 6.48. The zero-order valence-electron chi connectivity index (χ0n) is 14.1. The fourth-order valence-corrected chi connectivity index (χ4v) is 3.55. The third kappa shape index (κ3) is 4.74. The molecule has 0 aliphatic heterocycles. The van der Waals surface area contributed by atoms with Crippen molar-refractivity contribution >= 4 is 5.69 Å². The lowest BCUT2D eigenvalue weighted by molar-refractivity contribution is 0.265. The van der Waals surface area contributed by atoms with Gasteiger partial charge in [-0.15, -0.1) is 0 Å². The van der Waals surface area contributed by atoms with Gasteiger partial charge in [0.15, 0.2) is 0 Å². The Morgan fingerprint density at radius 1 is 1.19 bits per heavy atom. The Morgan fingerprint density at radius 3 is 2.71 bits per heavy atom. The Bertz CT molecular complexity index is 416. The van der Waals surface area contributed by atoms with Crippen LogP contribution in [-0.2, 0) is 0 Å². The molecule has 0 aromatic heterocycles.